The molecule has 0 radical (unpaired) electrons. The van der Waals surface area contributed by atoms with Crippen LogP contribution in [-0.2, 0) is 0 Å². The Labute approximate surface area is 166 Å². The molecule has 3 N–H and O–H groups in total. The van der Waals surface area contributed by atoms with E-state index in [4.69, 9.17) is 4.74 Å². The fraction of sp³-hybridized carbons (Fsp3) is 0.0500. The van der Waals surface area contributed by atoms with Crippen LogP contribution in [0, 0.1) is 0 Å². The van der Waals surface area contributed by atoms with E-state index >= 15 is 0 Å². The van der Waals surface area contributed by atoms with Gasteiger partial charge in [-0.15, -0.1) is 10.2 Å². The monoisotopic (exact) mass is 387 g/mol. The molecule has 0 fully saturated rings. The summed E-state index contributed by atoms with van der Waals surface area (Å²) >= 11 is 0. The van der Waals surface area contributed by atoms with Crippen molar-refractivity contribution in [1.82, 2.24) is 25.4 Å². The Kier molecular flexibility index (Phi) is 5.10. The number of hydrogen-bond donors (Lipinski definition) is 3. The van der Waals surface area contributed by atoms with Gasteiger partial charge in [-0.1, -0.05) is 6.07 Å². The molecule has 2 amide bonds. The number of hydrogen-bond acceptors (Lipinski definition) is 6. The fourth-order valence-electron chi connectivity index (χ4n) is 2.62. The number of nitrogens with zero attached hydrogens (tertiary/aromatic N) is 4. The molecule has 29 heavy (non-hydrogen) atoms. The van der Waals surface area contributed by atoms with E-state index in [0.717, 1.165) is 17.0 Å². The van der Waals surface area contributed by atoms with Crippen LogP contribution in [0.4, 0.5) is 16.4 Å². The first kappa shape index (κ1) is 18.1. The number of aromatic amines is 1. The smallest absolute Gasteiger partial charge is 0.326 e. The molecule has 4 rings (SSSR count). The van der Waals surface area contributed by atoms with Crippen molar-refractivity contribution < 1.29 is 9.53 Å². The van der Waals surface area contributed by atoms with Crippen LogP contribution in [0.15, 0.2) is 66.9 Å². The Morgan fingerprint density at radius 2 is 1.76 bits per heavy atom. The SMILES string of the molecule is COc1ccc(-c2cc(NC(=O)Nc3ccc(-c4ccccn4)nn3)n[nH]2)cc1. The van der Waals surface area contributed by atoms with Crippen LogP contribution in [0.1, 0.15) is 0 Å². The van der Waals surface area contributed by atoms with Crippen LogP contribution < -0.4 is 15.4 Å². The van der Waals surface area contributed by atoms with Gasteiger partial charge in [0.1, 0.15) is 11.4 Å². The lowest BCUT2D eigenvalue weighted by Gasteiger charge is -2.05. The number of anilines is 2. The number of methoxy groups -OCH3 is 1. The molecule has 3 aromatic heterocycles. The zero-order chi connectivity index (χ0) is 20.1. The first-order valence-electron chi connectivity index (χ1n) is 8.74. The van der Waals surface area contributed by atoms with Gasteiger partial charge in [0.2, 0.25) is 0 Å². The van der Waals surface area contributed by atoms with E-state index in [1.807, 2.05) is 42.5 Å². The minimum atomic E-state index is -0.474. The van der Waals surface area contributed by atoms with Crippen LogP contribution >= 0.6 is 0 Å². The summed E-state index contributed by atoms with van der Waals surface area (Å²) in [5.41, 5.74) is 3.01. The van der Waals surface area contributed by atoms with Crippen molar-refractivity contribution in [3.05, 3.63) is 66.9 Å². The average Bonchev–Trinajstić information content (AvgIpc) is 3.23. The maximum atomic E-state index is 12.2. The molecular formula is C20H17N7O2. The van der Waals surface area contributed by atoms with Crippen LogP contribution in [0.2, 0.25) is 0 Å². The lowest BCUT2D eigenvalue weighted by Crippen LogP contribution is -2.20. The summed E-state index contributed by atoms with van der Waals surface area (Å²) in [5.74, 6) is 1.46. The van der Waals surface area contributed by atoms with Gasteiger partial charge in [0, 0.05) is 12.3 Å². The van der Waals surface area contributed by atoms with Gasteiger partial charge < -0.3 is 4.74 Å². The Morgan fingerprint density at radius 3 is 2.45 bits per heavy atom. The third-order valence-electron chi connectivity index (χ3n) is 4.05. The quantitative estimate of drug-likeness (QED) is 0.482. The fourth-order valence-corrected chi connectivity index (χ4v) is 2.62. The predicted octanol–water partition coefficient (Wildman–Crippen LogP) is 3.58. The van der Waals surface area contributed by atoms with E-state index in [1.54, 1.807) is 31.5 Å². The molecule has 0 unspecified atom stereocenters. The van der Waals surface area contributed by atoms with Crippen LogP contribution in [-0.4, -0.2) is 38.5 Å². The number of ether oxygens (including phenoxy) is 1. The molecule has 0 aliphatic heterocycles. The largest absolute Gasteiger partial charge is 0.497 e. The Morgan fingerprint density at radius 1 is 0.931 bits per heavy atom. The van der Waals surface area contributed by atoms with Gasteiger partial charge in [0.15, 0.2) is 11.6 Å². The van der Waals surface area contributed by atoms with E-state index in [-0.39, 0.29) is 0 Å². The summed E-state index contributed by atoms with van der Waals surface area (Å²) in [6.45, 7) is 0. The summed E-state index contributed by atoms with van der Waals surface area (Å²) < 4.78 is 5.15. The molecule has 3 heterocycles. The summed E-state index contributed by atoms with van der Waals surface area (Å²) in [6, 6.07) is 17.7. The highest BCUT2D eigenvalue weighted by atomic mass is 16.5. The van der Waals surface area contributed by atoms with E-state index in [1.165, 1.54) is 0 Å². The number of H-pyrrole nitrogens is 1. The molecule has 9 heteroatoms. The molecule has 9 nitrogen and oxygen atoms in total. The number of urea groups is 1. The van der Waals surface area contributed by atoms with Crippen LogP contribution in [0.3, 0.4) is 0 Å². The van der Waals surface area contributed by atoms with Crippen LogP contribution in [0.25, 0.3) is 22.6 Å². The van der Waals surface area contributed by atoms with Gasteiger partial charge in [-0.05, 0) is 54.1 Å². The summed E-state index contributed by atoms with van der Waals surface area (Å²) in [7, 11) is 1.61. The Bertz CT molecular complexity index is 1090. The van der Waals surface area contributed by atoms with Crippen molar-refractivity contribution in [2.24, 2.45) is 0 Å². The highest BCUT2D eigenvalue weighted by molar-refractivity contribution is 5.98. The number of nitrogens with one attached hydrogen (secondary N) is 3. The molecule has 0 atom stereocenters. The second kappa shape index (κ2) is 8.17. The summed E-state index contributed by atoms with van der Waals surface area (Å²) in [6.07, 6.45) is 1.68. The standard InChI is InChI=1S/C20H17N7O2/c1-29-14-7-5-13(6-8-14)17-12-19(27-25-17)23-20(28)22-18-10-9-16(24-26-18)15-4-2-3-11-21-15/h2-12H,1H3,(H3,22,23,25,26,27,28). The normalized spacial score (nSPS) is 10.4. The van der Waals surface area contributed by atoms with E-state index in [0.29, 0.717) is 23.0 Å². The maximum Gasteiger partial charge on any atom is 0.326 e. The average molecular weight is 387 g/mol. The molecule has 0 saturated heterocycles. The van der Waals surface area contributed by atoms with Gasteiger partial charge in [0.05, 0.1) is 18.5 Å². The second-order valence-corrected chi connectivity index (χ2v) is 5.99. The molecule has 4 aromatic rings. The van der Waals surface area contributed by atoms with Crippen molar-refractivity contribution >= 4 is 17.7 Å². The molecular weight excluding hydrogens is 370 g/mol. The van der Waals surface area contributed by atoms with Gasteiger partial charge >= 0.3 is 6.03 Å². The number of pyridine rings is 1. The van der Waals surface area contributed by atoms with Crippen molar-refractivity contribution in [2.75, 3.05) is 17.7 Å². The highest BCUT2D eigenvalue weighted by Gasteiger charge is 2.09. The van der Waals surface area contributed by atoms with Crippen molar-refractivity contribution in [3.8, 4) is 28.4 Å². The number of aromatic nitrogens is 5. The summed E-state index contributed by atoms with van der Waals surface area (Å²) in [5, 5.41) is 20.3. The van der Waals surface area contributed by atoms with Gasteiger partial charge in [-0.3, -0.25) is 20.7 Å². The van der Waals surface area contributed by atoms with E-state index in [9.17, 15) is 4.79 Å². The lowest BCUT2D eigenvalue weighted by molar-refractivity contribution is 0.262. The Hall–Kier alpha value is -4.27. The first-order chi connectivity index (χ1) is 14.2. The van der Waals surface area contributed by atoms with E-state index < -0.39 is 6.03 Å². The zero-order valence-electron chi connectivity index (χ0n) is 15.5. The number of amides is 2. The third-order valence-corrected chi connectivity index (χ3v) is 4.05. The van der Waals surface area contributed by atoms with Crippen LogP contribution in [0.5, 0.6) is 5.75 Å². The second-order valence-electron chi connectivity index (χ2n) is 5.99. The topological polar surface area (TPSA) is 118 Å². The molecule has 0 saturated carbocycles. The minimum Gasteiger partial charge on any atom is -0.497 e. The molecule has 0 aliphatic rings. The maximum absolute atomic E-state index is 12.2. The highest BCUT2D eigenvalue weighted by Crippen LogP contribution is 2.22. The number of rotatable bonds is 5. The van der Waals surface area contributed by atoms with E-state index in [2.05, 4.69) is 36.0 Å². The number of carbonyl (C=O) groups is 1. The third kappa shape index (κ3) is 4.35. The van der Waals surface area contributed by atoms with Gasteiger partial charge in [0.25, 0.3) is 0 Å². The number of carbonyl (C=O) groups excluding carboxylic acids is 1. The van der Waals surface area contributed by atoms with Gasteiger partial charge in [-0.25, -0.2) is 4.79 Å². The number of benzene rings is 1. The molecule has 1 aromatic carbocycles. The van der Waals surface area contributed by atoms with Crippen molar-refractivity contribution in [1.29, 1.82) is 0 Å². The first-order valence-corrected chi connectivity index (χ1v) is 8.74. The van der Waals surface area contributed by atoms with Gasteiger partial charge in [-0.2, -0.15) is 5.10 Å². The zero-order valence-corrected chi connectivity index (χ0v) is 15.5. The molecule has 0 spiro atoms. The summed E-state index contributed by atoms with van der Waals surface area (Å²) in [4.78, 5) is 16.4. The van der Waals surface area contributed by atoms with Crippen molar-refractivity contribution in [3.63, 3.8) is 0 Å². The molecule has 144 valence electrons. The molecule has 0 bridgehead atoms. The minimum absolute atomic E-state index is 0.313. The van der Waals surface area contributed by atoms with Crippen molar-refractivity contribution in [2.45, 2.75) is 0 Å². The Balaban J connectivity index is 1.38. The lowest BCUT2D eigenvalue weighted by atomic mass is 10.1. The predicted molar refractivity (Wildman–Crippen MR) is 108 cm³/mol. The molecule has 0 aliphatic carbocycles.